The predicted octanol–water partition coefficient (Wildman–Crippen LogP) is 2.70. The predicted molar refractivity (Wildman–Crippen MR) is 108 cm³/mol. The Bertz CT molecular complexity index is 916. The van der Waals surface area contributed by atoms with Gasteiger partial charge in [-0.3, -0.25) is 9.10 Å². The molecule has 0 bridgehead atoms. The highest BCUT2D eigenvalue weighted by Gasteiger charge is 2.24. The lowest BCUT2D eigenvalue weighted by Gasteiger charge is -2.26. The minimum Gasteiger partial charge on any atom is -0.496 e. The maximum Gasteiger partial charge on any atom is 0.241 e. The summed E-state index contributed by atoms with van der Waals surface area (Å²) in [5.74, 6) is 0.286. The van der Waals surface area contributed by atoms with Gasteiger partial charge in [-0.1, -0.05) is 35.9 Å². The summed E-state index contributed by atoms with van der Waals surface area (Å²) in [4.78, 5) is 12.5. The van der Waals surface area contributed by atoms with E-state index in [2.05, 4.69) is 5.32 Å². The van der Waals surface area contributed by atoms with Crippen molar-refractivity contribution in [1.82, 2.24) is 5.32 Å². The van der Waals surface area contributed by atoms with E-state index >= 15 is 0 Å². The van der Waals surface area contributed by atoms with Crippen molar-refractivity contribution < 1.29 is 17.9 Å². The van der Waals surface area contributed by atoms with E-state index in [1.54, 1.807) is 7.11 Å². The second-order valence-corrected chi connectivity index (χ2v) is 8.51. The zero-order chi connectivity index (χ0) is 20.2. The molecule has 7 heteroatoms. The highest BCUT2D eigenvalue weighted by Crippen LogP contribution is 2.28. The molecule has 1 amide bonds. The van der Waals surface area contributed by atoms with Gasteiger partial charge in [-0.05, 0) is 38.0 Å². The van der Waals surface area contributed by atoms with Gasteiger partial charge >= 0.3 is 0 Å². The molecule has 6 nitrogen and oxygen atoms in total. The second kappa shape index (κ2) is 8.43. The fraction of sp³-hybridized carbons (Fsp3) is 0.350. The zero-order valence-corrected chi connectivity index (χ0v) is 17.2. The van der Waals surface area contributed by atoms with Gasteiger partial charge in [0.2, 0.25) is 15.9 Å². The zero-order valence-electron chi connectivity index (χ0n) is 16.4. The number of aryl methyl sites for hydroxylation is 3. The summed E-state index contributed by atoms with van der Waals surface area (Å²) in [7, 11) is -2.05. The monoisotopic (exact) mass is 390 g/mol. The van der Waals surface area contributed by atoms with Crippen molar-refractivity contribution in [2.75, 3.05) is 24.2 Å². The van der Waals surface area contributed by atoms with Gasteiger partial charge in [0, 0.05) is 12.1 Å². The Balaban J connectivity index is 2.21. The van der Waals surface area contributed by atoms with Crippen molar-refractivity contribution in [3.63, 3.8) is 0 Å². The molecule has 0 saturated heterocycles. The van der Waals surface area contributed by atoms with Crippen molar-refractivity contribution in [3.8, 4) is 5.75 Å². The van der Waals surface area contributed by atoms with E-state index in [1.807, 2.05) is 57.2 Å². The van der Waals surface area contributed by atoms with Crippen LogP contribution in [0.15, 0.2) is 36.4 Å². The van der Waals surface area contributed by atoms with Crippen molar-refractivity contribution in [1.29, 1.82) is 0 Å². The Morgan fingerprint density at radius 2 is 1.70 bits per heavy atom. The van der Waals surface area contributed by atoms with Crippen LogP contribution in [0.1, 0.15) is 22.3 Å². The number of benzene rings is 2. The Morgan fingerprint density at radius 1 is 1.11 bits per heavy atom. The molecule has 0 atom stereocenters. The largest absolute Gasteiger partial charge is 0.496 e. The van der Waals surface area contributed by atoms with E-state index in [9.17, 15) is 13.2 Å². The molecule has 2 aromatic carbocycles. The SMILES string of the molecule is COc1ccccc1CNC(=O)CN(c1c(C)cc(C)cc1C)S(C)(=O)=O. The van der Waals surface area contributed by atoms with Crippen LogP contribution in [0.2, 0.25) is 0 Å². The van der Waals surface area contributed by atoms with Gasteiger partial charge in [0.15, 0.2) is 0 Å². The third kappa shape index (κ3) is 5.23. The Morgan fingerprint density at radius 3 is 2.26 bits per heavy atom. The van der Waals surface area contributed by atoms with Gasteiger partial charge in [0.1, 0.15) is 12.3 Å². The highest BCUT2D eigenvalue weighted by atomic mass is 32.2. The number of carbonyl (C=O) groups excluding carboxylic acids is 1. The van der Waals surface area contributed by atoms with E-state index < -0.39 is 10.0 Å². The first-order valence-corrected chi connectivity index (χ1v) is 10.4. The summed E-state index contributed by atoms with van der Waals surface area (Å²) < 4.78 is 31.1. The van der Waals surface area contributed by atoms with Crippen LogP contribution in [-0.4, -0.2) is 34.2 Å². The first-order valence-electron chi connectivity index (χ1n) is 8.57. The summed E-state index contributed by atoms with van der Waals surface area (Å²) in [5, 5.41) is 2.77. The quantitative estimate of drug-likeness (QED) is 0.789. The number of rotatable bonds is 7. The smallest absolute Gasteiger partial charge is 0.241 e. The Hall–Kier alpha value is -2.54. The van der Waals surface area contributed by atoms with E-state index in [0.29, 0.717) is 11.4 Å². The minimum atomic E-state index is -3.62. The minimum absolute atomic E-state index is 0.256. The number of hydrogen-bond acceptors (Lipinski definition) is 4. The summed E-state index contributed by atoms with van der Waals surface area (Å²) in [5.41, 5.74) is 4.05. The van der Waals surface area contributed by atoms with Crippen LogP contribution in [-0.2, 0) is 21.4 Å². The Labute approximate surface area is 161 Å². The highest BCUT2D eigenvalue weighted by molar-refractivity contribution is 7.92. The third-order valence-corrected chi connectivity index (χ3v) is 5.35. The van der Waals surface area contributed by atoms with Crippen LogP contribution in [0.25, 0.3) is 0 Å². The van der Waals surface area contributed by atoms with Crippen LogP contribution in [0.3, 0.4) is 0 Å². The van der Waals surface area contributed by atoms with E-state index in [-0.39, 0.29) is 19.0 Å². The Kier molecular flexibility index (Phi) is 6.49. The number of ether oxygens (including phenoxy) is 1. The standard InChI is InChI=1S/C20H26N2O4S/c1-14-10-15(2)20(16(3)11-14)22(27(5,24)25)13-19(23)21-12-17-8-6-7-9-18(17)26-4/h6-11H,12-13H2,1-5H3,(H,21,23). The summed E-state index contributed by atoms with van der Waals surface area (Å²) in [6.45, 7) is 5.63. The summed E-state index contributed by atoms with van der Waals surface area (Å²) in [6, 6.07) is 11.2. The number of methoxy groups -OCH3 is 1. The molecule has 2 rings (SSSR count). The normalized spacial score (nSPS) is 11.1. The average molecular weight is 391 g/mol. The van der Waals surface area contributed by atoms with Crippen LogP contribution in [0, 0.1) is 20.8 Å². The average Bonchev–Trinajstić information content (AvgIpc) is 2.57. The van der Waals surface area contributed by atoms with Crippen LogP contribution < -0.4 is 14.4 Å². The van der Waals surface area contributed by atoms with Gasteiger partial charge in [-0.15, -0.1) is 0 Å². The first-order chi connectivity index (χ1) is 12.6. The summed E-state index contributed by atoms with van der Waals surface area (Å²) in [6.07, 6.45) is 1.11. The molecule has 146 valence electrons. The number of carbonyl (C=O) groups is 1. The summed E-state index contributed by atoms with van der Waals surface area (Å²) >= 11 is 0. The molecule has 0 radical (unpaired) electrons. The molecule has 0 unspecified atom stereocenters. The third-order valence-electron chi connectivity index (χ3n) is 4.24. The lowest BCUT2D eigenvalue weighted by molar-refractivity contribution is -0.119. The fourth-order valence-corrected chi connectivity index (χ4v) is 4.13. The molecule has 0 aliphatic rings. The maximum atomic E-state index is 12.5. The molecule has 0 fully saturated rings. The molecule has 2 aromatic rings. The molecule has 27 heavy (non-hydrogen) atoms. The lowest BCUT2D eigenvalue weighted by Crippen LogP contribution is -2.40. The van der Waals surface area contributed by atoms with Crippen molar-refractivity contribution >= 4 is 21.6 Å². The van der Waals surface area contributed by atoms with E-state index in [1.165, 1.54) is 0 Å². The van der Waals surface area contributed by atoms with Crippen LogP contribution >= 0.6 is 0 Å². The van der Waals surface area contributed by atoms with Gasteiger partial charge in [-0.2, -0.15) is 0 Å². The van der Waals surface area contributed by atoms with Crippen LogP contribution in [0.4, 0.5) is 5.69 Å². The van der Waals surface area contributed by atoms with Gasteiger partial charge < -0.3 is 10.1 Å². The van der Waals surface area contributed by atoms with E-state index in [0.717, 1.165) is 32.8 Å². The molecular weight excluding hydrogens is 364 g/mol. The molecule has 0 heterocycles. The number of para-hydroxylation sites is 1. The van der Waals surface area contributed by atoms with Gasteiger partial charge in [0.05, 0.1) is 19.1 Å². The first kappa shape index (κ1) is 20.8. The molecule has 0 spiro atoms. The number of sulfonamides is 1. The number of nitrogens with one attached hydrogen (secondary N) is 1. The molecule has 0 aromatic heterocycles. The molecular formula is C20H26N2O4S. The van der Waals surface area contributed by atoms with Gasteiger partial charge in [0.25, 0.3) is 0 Å². The molecule has 0 saturated carbocycles. The fourth-order valence-electron chi connectivity index (χ4n) is 3.16. The molecule has 0 aliphatic heterocycles. The molecule has 1 N–H and O–H groups in total. The number of nitrogens with zero attached hydrogens (tertiary/aromatic N) is 1. The number of amides is 1. The number of anilines is 1. The van der Waals surface area contributed by atoms with Crippen molar-refractivity contribution in [2.45, 2.75) is 27.3 Å². The van der Waals surface area contributed by atoms with Crippen molar-refractivity contribution in [3.05, 3.63) is 58.7 Å². The van der Waals surface area contributed by atoms with Crippen molar-refractivity contribution in [2.24, 2.45) is 0 Å². The lowest BCUT2D eigenvalue weighted by atomic mass is 10.1. The topological polar surface area (TPSA) is 75.7 Å². The van der Waals surface area contributed by atoms with E-state index in [4.69, 9.17) is 4.74 Å². The van der Waals surface area contributed by atoms with Gasteiger partial charge in [-0.25, -0.2) is 8.42 Å². The van der Waals surface area contributed by atoms with Crippen LogP contribution in [0.5, 0.6) is 5.75 Å². The molecule has 0 aliphatic carbocycles. The number of hydrogen-bond donors (Lipinski definition) is 1. The maximum absolute atomic E-state index is 12.5. The second-order valence-electron chi connectivity index (χ2n) is 6.61.